The van der Waals surface area contributed by atoms with Crippen molar-refractivity contribution in [2.24, 2.45) is 0 Å². The molecule has 0 aliphatic heterocycles. The standard InChI is InChI=1S/C12H15FO3/c1-8(2)16-7-9-3-4-11(13)5-10(9)6-12(14)15/h3-5,8H,6-7H2,1-2H3,(H,14,15). The van der Waals surface area contributed by atoms with Gasteiger partial charge < -0.3 is 9.84 Å². The molecule has 0 aliphatic carbocycles. The number of carbonyl (C=O) groups is 1. The van der Waals surface area contributed by atoms with Gasteiger partial charge in [0, 0.05) is 0 Å². The van der Waals surface area contributed by atoms with E-state index in [-0.39, 0.29) is 12.5 Å². The Bertz CT molecular complexity index is 375. The van der Waals surface area contributed by atoms with E-state index in [1.807, 2.05) is 13.8 Å². The fourth-order valence-electron chi connectivity index (χ4n) is 1.32. The summed E-state index contributed by atoms with van der Waals surface area (Å²) in [5.74, 6) is -1.40. The van der Waals surface area contributed by atoms with Gasteiger partial charge in [-0.1, -0.05) is 6.07 Å². The monoisotopic (exact) mass is 226 g/mol. The molecule has 1 aromatic carbocycles. The highest BCUT2D eigenvalue weighted by Crippen LogP contribution is 2.14. The van der Waals surface area contributed by atoms with Gasteiger partial charge >= 0.3 is 5.97 Å². The molecule has 1 N–H and O–H groups in total. The lowest BCUT2D eigenvalue weighted by Gasteiger charge is -2.11. The molecule has 3 nitrogen and oxygen atoms in total. The highest BCUT2D eigenvalue weighted by atomic mass is 19.1. The molecule has 0 saturated carbocycles. The molecule has 0 atom stereocenters. The van der Waals surface area contributed by atoms with Crippen molar-refractivity contribution in [1.29, 1.82) is 0 Å². The largest absolute Gasteiger partial charge is 0.481 e. The number of hydrogen-bond donors (Lipinski definition) is 1. The number of halogens is 1. The van der Waals surface area contributed by atoms with Crippen LogP contribution in [-0.2, 0) is 22.6 Å². The van der Waals surface area contributed by atoms with Crippen molar-refractivity contribution >= 4 is 5.97 Å². The summed E-state index contributed by atoms with van der Waals surface area (Å²) in [6, 6.07) is 4.12. The predicted molar refractivity (Wildman–Crippen MR) is 57.7 cm³/mol. The minimum Gasteiger partial charge on any atom is -0.481 e. The van der Waals surface area contributed by atoms with Crippen molar-refractivity contribution in [1.82, 2.24) is 0 Å². The van der Waals surface area contributed by atoms with Crippen LogP contribution in [0.1, 0.15) is 25.0 Å². The van der Waals surface area contributed by atoms with Crippen LogP contribution in [0.4, 0.5) is 4.39 Å². The van der Waals surface area contributed by atoms with Crippen molar-refractivity contribution in [3.05, 3.63) is 35.1 Å². The van der Waals surface area contributed by atoms with Crippen molar-refractivity contribution in [3.8, 4) is 0 Å². The third-order valence-corrected chi connectivity index (χ3v) is 2.08. The Kier molecular flexibility index (Phi) is 4.43. The van der Waals surface area contributed by atoms with Crippen LogP contribution in [0.2, 0.25) is 0 Å². The molecule has 0 radical (unpaired) electrons. The number of carboxylic acid groups (broad SMARTS) is 1. The maximum atomic E-state index is 13.0. The van der Waals surface area contributed by atoms with Crippen LogP contribution in [0.5, 0.6) is 0 Å². The summed E-state index contributed by atoms with van der Waals surface area (Å²) in [6.45, 7) is 4.08. The van der Waals surface area contributed by atoms with Crippen molar-refractivity contribution < 1.29 is 19.0 Å². The lowest BCUT2D eigenvalue weighted by atomic mass is 10.1. The lowest BCUT2D eigenvalue weighted by molar-refractivity contribution is -0.136. The molecule has 0 heterocycles. The van der Waals surface area contributed by atoms with Gasteiger partial charge in [-0.05, 0) is 37.1 Å². The second kappa shape index (κ2) is 5.61. The molecule has 0 fully saturated rings. The highest BCUT2D eigenvalue weighted by molar-refractivity contribution is 5.70. The molecular weight excluding hydrogens is 211 g/mol. The van der Waals surface area contributed by atoms with Crippen LogP contribution in [-0.4, -0.2) is 17.2 Å². The van der Waals surface area contributed by atoms with Crippen LogP contribution in [0.25, 0.3) is 0 Å². The van der Waals surface area contributed by atoms with E-state index in [2.05, 4.69) is 0 Å². The molecule has 0 amide bonds. The molecule has 1 aromatic rings. The van der Waals surface area contributed by atoms with E-state index in [1.165, 1.54) is 12.1 Å². The summed E-state index contributed by atoms with van der Waals surface area (Å²) >= 11 is 0. The molecule has 0 unspecified atom stereocenters. The van der Waals surface area contributed by atoms with Gasteiger partial charge in [0.1, 0.15) is 5.82 Å². The summed E-state index contributed by atoms with van der Waals surface area (Å²) < 4.78 is 18.3. The Hall–Kier alpha value is -1.42. The number of ether oxygens (including phenoxy) is 1. The second-order valence-electron chi connectivity index (χ2n) is 3.84. The number of carboxylic acids is 1. The smallest absolute Gasteiger partial charge is 0.307 e. The number of aliphatic carboxylic acids is 1. The molecule has 4 heteroatoms. The van der Waals surface area contributed by atoms with Gasteiger partial charge in [-0.25, -0.2) is 4.39 Å². The Morgan fingerprint density at radius 1 is 1.44 bits per heavy atom. The van der Waals surface area contributed by atoms with Crippen LogP contribution in [0.15, 0.2) is 18.2 Å². The third-order valence-electron chi connectivity index (χ3n) is 2.08. The van der Waals surface area contributed by atoms with E-state index >= 15 is 0 Å². The normalized spacial score (nSPS) is 10.8. The van der Waals surface area contributed by atoms with Crippen LogP contribution in [0, 0.1) is 5.82 Å². The van der Waals surface area contributed by atoms with Gasteiger partial charge in [-0.15, -0.1) is 0 Å². The fourth-order valence-corrected chi connectivity index (χ4v) is 1.32. The Morgan fingerprint density at radius 3 is 2.69 bits per heavy atom. The highest BCUT2D eigenvalue weighted by Gasteiger charge is 2.09. The maximum absolute atomic E-state index is 13.0. The molecule has 16 heavy (non-hydrogen) atoms. The molecular formula is C12H15FO3. The number of hydrogen-bond acceptors (Lipinski definition) is 2. The molecule has 0 spiro atoms. The summed E-state index contributed by atoms with van der Waals surface area (Å²) in [7, 11) is 0. The van der Waals surface area contributed by atoms with Crippen molar-refractivity contribution in [3.63, 3.8) is 0 Å². The Balaban J connectivity index is 2.84. The first-order valence-corrected chi connectivity index (χ1v) is 5.09. The predicted octanol–water partition coefficient (Wildman–Crippen LogP) is 2.38. The van der Waals surface area contributed by atoms with E-state index in [4.69, 9.17) is 9.84 Å². The first-order chi connectivity index (χ1) is 7.49. The van der Waals surface area contributed by atoms with E-state index in [1.54, 1.807) is 6.07 Å². The zero-order chi connectivity index (χ0) is 12.1. The molecule has 0 saturated heterocycles. The molecule has 0 bridgehead atoms. The van der Waals surface area contributed by atoms with E-state index in [0.717, 1.165) is 5.56 Å². The molecule has 0 aromatic heterocycles. The van der Waals surface area contributed by atoms with Crippen molar-refractivity contribution in [2.75, 3.05) is 0 Å². The first kappa shape index (κ1) is 12.6. The summed E-state index contributed by atoms with van der Waals surface area (Å²) in [6.07, 6.45) is -0.128. The van der Waals surface area contributed by atoms with Gasteiger partial charge in [0.2, 0.25) is 0 Å². The van der Waals surface area contributed by atoms with E-state index < -0.39 is 11.8 Å². The van der Waals surface area contributed by atoms with Gasteiger partial charge in [-0.2, -0.15) is 0 Å². The molecule has 1 rings (SSSR count). The van der Waals surface area contributed by atoms with E-state index in [9.17, 15) is 9.18 Å². The van der Waals surface area contributed by atoms with Crippen molar-refractivity contribution in [2.45, 2.75) is 33.0 Å². The first-order valence-electron chi connectivity index (χ1n) is 5.09. The zero-order valence-electron chi connectivity index (χ0n) is 9.37. The SMILES string of the molecule is CC(C)OCc1ccc(F)cc1CC(=O)O. The summed E-state index contributed by atoms with van der Waals surface area (Å²) in [5, 5.41) is 8.70. The number of benzene rings is 1. The Labute approximate surface area is 93.9 Å². The van der Waals surface area contributed by atoms with Crippen LogP contribution >= 0.6 is 0 Å². The minimum absolute atomic E-state index is 0.0581. The van der Waals surface area contributed by atoms with Crippen LogP contribution in [0.3, 0.4) is 0 Å². The topological polar surface area (TPSA) is 46.5 Å². The van der Waals surface area contributed by atoms with Gasteiger partial charge in [0.15, 0.2) is 0 Å². The second-order valence-corrected chi connectivity index (χ2v) is 3.84. The van der Waals surface area contributed by atoms with Crippen LogP contribution < -0.4 is 0 Å². The average Bonchev–Trinajstić information content (AvgIpc) is 2.15. The quantitative estimate of drug-likeness (QED) is 0.838. The number of rotatable bonds is 5. The van der Waals surface area contributed by atoms with Gasteiger partial charge in [-0.3, -0.25) is 4.79 Å². The fraction of sp³-hybridized carbons (Fsp3) is 0.417. The van der Waals surface area contributed by atoms with E-state index in [0.29, 0.717) is 12.2 Å². The maximum Gasteiger partial charge on any atom is 0.307 e. The van der Waals surface area contributed by atoms with Gasteiger partial charge in [0.25, 0.3) is 0 Å². The lowest BCUT2D eigenvalue weighted by Crippen LogP contribution is -2.08. The molecule has 0 aliphatic rings. The van der Waals surface area contributed by atoms with Gasteiger partial charge in [0.05, 0.1) is 19.1 Å². The third kappa shape index (κ3) is 3.98. The molecule has 88 valence electrons. The minimum atomic E-state index is -0.976. The Morgan fingerprint density at radius 2 is 2.12 bits per heavy atom. The average molecular weight is 226 g/mol. The summed E-state index contributed by atoms with van der Waals surface area (Å²) in [4.78, 5) is 10.6. The summed E-state index contributed by atoms with van der Waals surface area (Å²) in [5.41, 5.74) is 1.19. The zero-order valence-corrected chi connectivity index (χ0v) is 9.37.